The first-order valence-corrected chi connectivity index (χ1v) is 6.75. The molecule has 6 nitrogen and oxygen atoms in total. The number of carbonyl (C=O) groups is 1. The minimum Gasteiger partial charge on any atom is -0.486 e. The van der Waals surface area contributed by atoms with E-state index >= 15 is 0 Å². The molecule has 0 unspecified atom stereocenters. The molecule has 1 heterocycles. The first kappa shape index (κ1) is 14.1. The number of aromatic nitrogens is 1. The fraction of sp³-hybridized carbons (Fsp3) is 0.231. The second-order valence-electron chi connectivity index (χ2n) is 4.06. The summed E-state index contributed by atoms with van der Waals surface area (Å²) < 4.78 is 5.45. The van der Waals surface area contributed by atoms with Gasteiger partial charge in [0.25, 0.3) is 0 Å². The number of carbonyl (C=O) groups excluding carboxylic acids is 1. The zero-order chi connectivity index (χ0) is 14.5. The van der Waals surface area contributed by atoms with E-state index in [2.05, 4.69) is 4.98 Å². The summed E-state index contributed by atoms with van der Waals surface area (Å²) >= 11 is 1.52. The van der Waals surface area contributed by atoms with Gasteiger partial charge in [0.15, 0.2) is 5.75 Å². The number of rotatable bonds is 6. The quantitative estimate of drug-likeness (QED) is 0.464. The summed E-state index contributed by atoms with van der Waals surface area (Å²) in [6, 6.07) is 4.05. The third-order valence-corrected chi connectivity index (χ3v) is 3.74. The van der Waals surface area contributed by atoms with Crippen molar-refractivity contribution in [3.05, 3.63) is 50.0 Å². The van der Waals surface area contributed by atoms with Crippen LogP contribution in [0.15, 0.2) is 23.7 Å². The van der Waals surface area contributed by atoms with Gasteiger partial charge in [-0.15, -0.1) is 11.3 Å². The van der Waals surface area contributed by atoms with Crippen LogP contribution in [-0.2, 0) is 6.42 Å². The van der Waals surface area contributed by atoms with Gasteiger partial charge < -0.3 is 4.74 Å². The number of nitro benzene ring substituents is 1. The van der Waals surface area contributed by atoms with E-state index in [0.717, 1.165) is 10.6 Å². The lowest BCUT2D eigenvalue weighted by Gasteiger charge is -2.06. The highest BCUT2D eigenvalue weighted by Gasteiger charge is 2.15. The Hall–Kier alpha value is -2.28. The zero-order valence-corrected chi connectivity index (χ0v) is 11.6. The number of ether oxygens (including phenoxy) is 1. The van der Waals surface area contributed by atoms with Crippen LogP contribution in [0.25, 0.3) is 0 Å². The highest BCUT2D eigenvalue weighted by molar-refractivity contribution is 7.09. The smallest absolute Gasteiger partial charge is 0.310 e. The topological polar surface area (TPSA) is 82.3 Å². The number of aldehydes is 1. The molecule has 2 rings (SSSR count). The van der Waals surface area contributed by atoms with E-state index in [9.17, 15) is 14.9 Å². The number of nitrogens with zero attached hydrogens (tertiary/aromatic N) is 2. The van der Waals surface area contributed by atoms with Crippen LogP contribution in [0.1, 0.15) is 20.9 Å². The lowest BCUT2D eigenvalue weighted by Crippen LogP contribution is -2.04. The maximum absolute atomic E-state index is 10.9. The molecule has 1 aromatic carbocycles. The van der Waals surface area contributed by atoms with Crippen LogP contribution in [0, 0.1) is 17.0 Å². The van der Waals surface area contributed by atoms with Crippen LogP contribution in [-0.4, -0.2) is 22.8 Å². The zero-order valence-electron chi connectivity index (χ0n) is 10.7. The molecule has 0 saturated carbocycles. The minimum atomic E-state index is -0.526. The van der Waals surface area contributed by atoms with E-state index in [1.807, 2.05) is 6.92 Å². The van der Waals surface area contributed by atoms with Crippen molar-refractivity contribution in [1.29, 1.82) is 0 Å². The Kier molecular flexibility index (Phi) is 4.41. The first-order chi connectivity index (χ1) is 9.61. The SMILES string of the molecule is Cc1ncsc1CCOc1cc(C=O)ccc1[N+](=O)[O-]. The lowest BCUT2D eigenvalue weighted by molar-refractivity contribution is -0.385. The molecule has 0 N–H and O–H groups in total. The Morgan fingerprint density at radius 1 is 1.50 bits per heavy atom. The van der Waals surface area contributed by atoms with Gasteiger partial charge in [-0.3, -0.25) is 14.9 Å². The summed E-state index contributed by atoms with van der Waals surface area (Å²) in [5, 5.41) is 10.9. The van der Waals surface area contributed by atoms with E-state index in [1.54, 1.807) is 5.51 Å². The van der Waals surface area contributed by atoms with Gasteiger partial charge in [0.2, 0.25) is 0 Å². The monoisotopic (exact) mass is 292 g/mol. The highest BCUT2D eigenvalue weighted by atomic mass is 32.1. The van der Waals surface area contributed by atoms with Gasteiger partial charge in [-0.1, -0.05) is 0 Å². The Morgan fingerprint density at radius 2 is 2.30 bits per heavy atom. The summed E-state index contributed by atoms with van der Waals surface area (Å²) in [5.74, 6) is 0.113. The van der Waals surface area contributed by atoms with E-state index in [1.165, 1.54) is 29.5 Å². The third kappa shape index (κ3) is 3.18. The van der Waals surface area contributed by atoms with Crippen LogP contribution in [0.2, 0.25) is 0 Å². The van der Waals surface area contributed by atoms with Gasteiger partial charge in [-0.25, -0.2) is 4.98 Å². The predicted octanol–water partition coefficient (Wildman–Crippen LogP) is 2.79. The highest BCUT2D eigenvalue weighted by Crippen LogP contribution is 2.27. The maximum Gasteiger partial charge on any atom is 0.310 e. The fourth-order valence-corrected chi connectivity index (χ4v) is 2.45. The van der Waals surface area contributed by atoms with Crippen molar-refractivity contribution in [2.24, 2.45) is 0 Å². The molecule has 0 aliphatic carbocycles. The van der Waals surface area contributed by atoms with Gasteiger partial charge in [-0.2, -0.15) is 0 Å². The third-order valence-electron chi connectivity index (χ3n) is 2.75. The molecule has 0 saturated heterocycles. The fourth-order valence-electron chi connectivity index (χ4n) is 1.69. The van der Waals surface area contributed by atoms with Crippen molar-refractivity contribution in [1.82, 2.24) is 4.98 Å². The Balaban J connectivity index is 2.09. The summed E-state index contributed by atoms with van der Waals surface area (Å²) in [5.41, 5.74) is 2.89. The average molecular weight is 292 g/mol. The van der Waals surface area contributed by atoms with Crippen LogP contribution in [0.4, 0.5) is 5.69 Å². The summed E-state index contributed by atoms with van der Waals surface area (Å²) in [6.07, 6.45) is 1.25. The first-order valence-electron chi connectivity index (χ1n) is 5.87. The number of hydrogen-bond acceptors (Lipinski definition) is 6. The molecule has 1 aromatic heterocycles. The summed E-state index contributed by atoms with van der Waals surface area (Å²) in [4.78, 5) is 26.3. The largest absolute Gasteiger partial charge is 0.486 e. The van der Waals surface area contributed by atoms with Gasteiger partial charge in [0, 0.05) is 22.9 Å². The summed E-state index contributed by atoms with van der Waals surface area (Å²) in [6.45, 7) is 2.20. The molecule has 0 bridgehead atoms. The van der Waals surface area contributed by atoms with Crippen molar-refractivity contribution < 1.29 is 14.5 Å². The molecule has 0 fully saturated rings. The van der Waals surface area contributed by atoms with Gasteiger partial charge in [0.05, 0.1) is 22.7 Å². The lowest BCUT2D eigenvalue weighted by atomic mass is 10.2. The van der Waals surface area contributed by atoms with Crippen molar-refractivity contribution >= 4 is 23.3 Å². The van der Waals surface area contributed by atoms with Crippen LogP contribution in [0.3, 0.4) is 0 Å². The molecule has 7 heteroatoms. The average Bonchev–Trinajstić information content (AvgIpc) is 2.84. The van der Waals surface area contributed by atoms with Crippen molar-refractivity contribution in [2.75, 3.05) is 6.61 Å². The number of benzene rings is 1. The van der Waals surface area contributed by atoms with Crippen molar-refractivity contribution in [2.45, 2.75) is 13.3 Å². The standard InChI is InChI=1S/C13H12N2O4S/c1-9-13(20-8-14-9)4-5-19-12-6-10(7-16)2-3-11(12)15(17)18/h2-3,6-8H,4-5H2,1H3. The minimum absolute atomic E-state index is 0.113. The molecule has 0 amide bonds. The number of aryl methyl sites for hydroxylation is 1. The van der Waals surface area contributed by atoms with E-state index < -0.39 is 4.92 Å². The molecule has 0 aliphatic heterocycles. The number of hydrogen-bond donors (Lipinski definition) is 0. The second-order valence-corrected chi connectivity index (χ2v) is 5.00. The van der Waals surface area contributed by atoms with Crippen molar-refractivity contribution in [3.8, 4) is 5.75 Å². The molecule has 2 aromatic rings. The number of nitro groups is 1. The molecule has 0 radical (unpaired) electrons. The molecule has 104 valence electrons. The molecular formula is C13H12N2O4S. The maximum atomic E-state index is 10.9. The second kappa shape index (κ2) is 6.25. The van der Waals surface area contributed by atoms with Crippen LogP contribution < -0.4 is 4.74 Å². The predicted molar refractivity (Wildman–Crippen MR) is 74.5 cm³/mol. The molecule has 0 atom stereocenters. The summed E-state index contributed by atoms with van der Waals surface area (Å²) in [7, 11) is 0. The van der Waals surface area contributed by atoms with E-state index in [4.69, 9.17) is 4.74 Å². The van der Waals surface area contributed by atoms with Gasteiger partial charge in [-0.05, 0) is 19.1 Å². The molecular weight excluding hydrogens is 280 g/mol. The van der Waals surface area contributed by atoms with Crippen molar-refractivity contribution in [3.63, 3.8) is 0 Å². The normalized spacial score (nSPS) is 10.2. The molecule has 0 aliphatic rings. The molecule has 20 heavy (non-hydrogen) atoms. The Morgan fingerprint density at radius 3 is 2.90 bits per heavy atom. The van der Waals surface area contributed by atoms with Crippen LogP contribution in [0.5, 0.6) is 5.75 Å². The Labute approximate surface area is 119 Å². The van der Waals surface area contributed by atoms with Gasteiger partial charge >= 0.3 is 5.69 Å². The van der Waals surface area contributed by atoms with Gasteiger partial charge in [0.1, 0.15) is 6.29 Å². The Bertz CT molecular complexity index is 639. The van der Waals surface area contributed by atoms with E-state index in [0.29, 0.717) is 24.9 Å². The molecule has 0 spiro atoms. The van der Waals surface area contributed by atoms with Crippen LogP contribution >= 0.6 is 11.3 Å². The van der Waals surface area contributed by atoms with E-state index in [-0.39, 0.29) is 11.4 Å². The number of thiazole rings is 1.